The first kappa shape index (κ1) is 17.6. The lowest BCUT2D eigenvalue weighted by molar-refractivity contribution is -0.124. The van der Waals surface area contributed by atoms with Gasteiger partial charge in [-0.3, -0.25) is 19.3 Å². The highest BCUT2D eigenvalue weighted by Gasteiger charge is 2.45. The van der Waals surface area contributed by atoms with Crippen molar-refractivity contribution >= 4 is 56.3 Å². The van der Waals surface area contributed by atoms with Crippen molar-refractivity contribution in [2.75, 3.05) is 12.8 Å². The number of aromatic hydroxyl groups is 1. The number of carbonyl (C=O) groups is 4. The number of likely N-dealkylation sites (N-methyl/N-ethyl adjacent to an activating group) is 1. The summed E-state index contributed by atoms with van der Waals surface area (Å²) >= 11 is 0. The van der Waals surface area contributed by atoms with Crippen LogP contribution in [0.15, 0.2) is 0 Å². The Bertz CT molecular complexity index is 719. The van der Waals surface area contributed by atoms with E-state index in [-0.39, 0.29) is 35.4 Å². The number of imide groups is 1. The summed E-state index contributed by atoms with van der Waals surface area (Å²) in [6.45, 7) is 0. The lowest BCUT2D eigenvalue weighted by Crippen LogP contribution is -2.48. The number of nitrogens with two attached hydrogens (primary N) is 1. The van der Waals surface area contributed by atoms with Crippen molar-refractivity contribution in [2.45, 2.75) is 18.9 Å². The number of nitrogen functional groups attached to an aromatic ring is 1. The Morgan fingerprint density at radius 1 is 1.29 bits per heavy atom. The van der Waals surface area contributed by atoms with Gasteiger partial charge in [0, 0.05) is 19.2 Å². The molecule has 4 N–H and O–H groups in total. The third-order valence-electron chi connectivity index (χ3n) is 4.36. The average molecular weight is 329 g/mol. The summed E-state index contributed by atoms with van der Waals surface area (Å²) in [5, 5.41) is 12.6. The van der Waals surface area contributed by atoms with Gasteiger partial charge < -0.3 is 21.0 Å². The van der Waals surface area contributed by atoms with E-state index in [2.05, 4.69) is 5.32 Å². The summed E-state index contributed by atoms with van der Waals surface area (Å²) in [5.41, 5.74) is 6.67. The summed E-state index contributed by atoms with van der Waals surface area (Å²) < 4.78 is 0. The molecule has 1 heterocycles. The smallest absolute Gasteiger partial charge is 0.266 e. The van der Waals surface area contributed by atoms with Crippen molar-refractivity contribution in [3.05, 3.63) is 11.1 Å². The number of nitrogens with one attached hydrogen (secondary N) is 1. The zero-order valence-corrected chi connectivity index (χ0v) is 13.7. The molecule has 1 aromatic carbocycles. The van der Waals surface area contributed by atoms with Crippen molar-refractivity contribution in [1.82, 2.24) is 10.2 Å². The highest BCUT2D eigenvalue weighted by Crippen LogP contribution is 2.33. The fourth-order valence-corrected chi connectivity index (χ4v) is 2.82. The van der Waals surface area contributed by atoms with Crippen molar-refractivity contribution < 1.29 is 24.3 Å². The van der Waals surface area contributed by atoms with E-state index < -0.39 is 23.8 Å². The Labute approximate surface area is 140 Å². The predicted octanol–water partition coefficient (Wildman–Crippen LogP) is -3.82. The molecule has 0 fully saturated rings. The molecule has 2 rings (SSSR count). The normalized spacial score (nSPS) is 14.5. The molecule has 24 heavy (non-hydrogen) atoms. The van der Waals surface area contributed by atoms with Crippen LogP contribution in [-0.2, 0) is 9.59 Å². The molecule has 0 aromatic heterocycles. The summed E-state index contributed by atoms with van der Waals surface area (Å²) in [4.78, 5) is 48.9. The fourth-order valence-electron chi connectivity index (χ4n) is 2.82. The lowest BCUT2D eigenvalue weighted by atomic mass is 9.76. The molecule has 8 nitrogen and oxygen atoms in total. The fraction of sp³-hybridized carbons (Fsp3) is 0.286. The van der Waals surface area contributed by atoms with Crippen molar-refractivity contribution in [1.29, 1.82) is 0 Å². The first-order chi connectivity index (χ1) is 11.3. The van der Waals surface area contributed by atoms with Crippen LogP contribution in [0.3, 0.4) is 0 Å². The van der Waals surface area contributed by atoms with Crippen LogP contribution < -0.4 is 22.0 Å². The third-order valence-corrected chi connectivity index (χ3v) is 4.36. The number of hydrogen-bond acceptors (Lipinski definition) is 6. The summed E-state index contributed by atoms with van der Waals surface area (Å²) in [6.07, 6.45) is 0.604. The van der Waals surface area contributed by atoms with Gasteiger partial charge in [-0.2, -0.15) is 0 Å². The molecule has 3 amide bonds. The van der Waals surface area contributed by atoms with Crippen LogP contribution in [0.4, 0.5) is 5.69 Å². The second-order valence-corrected chi connectivity index (χ2v) is 5.62. The maximum atomic E-state index is 12.7. The molecular weight excluding hydrogens is 312 g/mol. The first-order valence-electron chi connectivity index (χ1n) is 7.42. The molecule has 0 spiro atoms. The summed E-state index contributed by atoms with van der Waals surface area (Å²) in [6, 6.07) is -1.15. The standard InChI is InChI=1S/C14H17B2N3O5/c1-18-12(22)5(3-2-4-20)19-13(23)6-7(14(19)24)11(21)9(16)8(15)10(6)17/h4-5,21H,2-3,15-17H2,1H3,(H,18,22). The van der Waals surface area contributed by atoms with Gasteiger partial charge in [-0.05, 0) is 6.42 Å². The second-order valence-electron chi connectivity index (χ2n) is 5.62. The molecule has 0 aliphatic carbocycles. The number of carbonyl (C=O) groups excluding carboxylic acids is 4. The van der Waals surface area contributed by atoms with E-state index in [1.807, 2.05) is 0 Å². The molecule has 0 saturated heterocycles. The van der Waals surface area contributed by atoms with Crippen molar-refractivity contribution in [3.8, 4) is 5.75 Å². The van der Waals surface area contributed by atoms with E-state index in [0.717, 1.165) is 4.90 Å². The molecular formula is C14H17B2N3O5. The predicted molar refractivity (Wildman–Crippen MR) is 92.5 cm³/mol. The van der Waals surface area contributed by atoms with Crippen LogP contribution in [0.5, 0.6) is 5.75 Å². The second kappa shape index (κ2) is 6.38. The van der Waals surface area contributed by atoms with Gasteiger partial charge in [0.1, 0.15) is 33.8 Å². The van der Waals surface area contributed by atoms with Crippen molar-refractivity contribution in [2.24, 2.45) is 0 Å². The van der Waals surface area contributed by atoms with Gasteiger partial charge in [-0.15, -0.1) is 0 Å². The largest absolute Gasteiger partial charge is 0.508 e. The molecule has 0 radical (unpaired) electrons. The highest BCUT2D eigenvalue weighted by molar-refractivity contribution is 6.53. The Morgan fingerprint density at radius 2 is 1.88 bits per heavy atom. The SMILES string of the molecule is Bc1c(B)c(O)c2c(c1N)C(=O)N(C(CCC=O)C(=O)NC)C2=O. The number of amides is 3. The van der Waals surface area contributed by atoms with E-state index in [0.29, 0.717) is 17.2 Å². The van der Waals surface area contributed by atoms with Gasteiger partial charge in [0.25, 0.3) is 11.8 Å². The summed E-state index contributed by atoms with van der Waals surface area (Å²) in [7, 11) is 4.59. The molecule has 1 aliphatic heterocycles. The minimum absolute atomic E-state index is 0.00497. The number of rotatable bonds is 5. The van der Waals surface area contributed by atoms with Crippen LogP contribution in [0.25, 0.3) is 0 Å². The van der Waals surface area contributed by atoms with E-state index in [4.69, 9.17) is 5.73 Å². The minimum Gasteiger partial charge on any atom is -0.508 e. The molecule has 1 aliphatic rings. The highest BCUT2D eigenvalue weighted by atomic mass is 16.3. The van der Waals surface area contributed by atoms with E-state index in [9.17, 15) is 24.3 Å². The summed E-state index contributed by atoms with van der Waals surface area (Å²) in [5.74, 6) is -2.42. The Balaban J connectivity index is 2.60. The first-order valence-corrected chi connectivity index (χ1v) is 7.42. The minimum atomic E-state index is -1.15. The third kappa shape index (κ3) is 2.43. The van der Waals surface area contributed by atoms with Crippen LogP contribution in [0.2, 0.25) is 0 Å². The maximum Gasteiger partial charge on any atom is 0.266 e. The maximum absolute atomic E-state index is 12.7. The number of anilines is 1. The molecule has 0 saturated carbocycles. The number of phenolic OH excluding ortho intramolecular Hbond substituents is 1. The topological polar surface area (TPSA) is 130 Å². The zero-order valence-electron chi connectivity index (χ0n) is 13.7. The quantitative estimate of drug-likeness (QED) is 0.167. The van der Waals surface area contributed by atoms with Gasteiger partial charge in [0.15, 0.2) is 0 Å². The van der Waals surface area contributed by atoms with Gasteiger partial charge in [0.05, 0.1) is 11.1 Å². The lowest BCUT2D eigenvalue weighted by Gasteiger charge is -2.24. The molecule has 124 valence electrons. The van der Waals surface area contributed by atoms with Crippen LogP contribution >= 0.6 is 0 Å². The number of aldehydes is 1. The number of hydrogen-bond donors (Lipinski definition) is 3. The van der Waals surface area contributed by atoms with Gasteiger partial charge >= 0.3 is 0 Å². The Kier molecular flexibility index (Phi) is 4.68. The molecule has 1 unspecified atom stereocenters. The zero-order chi connectivity index (χ0) is 18.2. The number of nitrogens with zero attached hydrogens (tertiary/aromatic N) is 1. The van der Waals surface area contributed by atoms with E-state index in [1.165, 1.54) is 7.05 Å². The average Bonchev–Trinajstić information content (AvgIpc) is 2.82. The van der Waals surface area contributed by atoms with Crippen LogP contribution in [0, 0.1) is 0 Å². The van der Waals surface area contributed by atoms with Gasteiger partial charge in [0.2, 0.25) is 5.91 Å². The van der Waals surface area contributed by atoms with Crippen molar-refractivity contribution in [3.63, 3.8) is 0 Å². The molecule has 0 bridgehead atoms. The van der Waals surface area contributed by atoms with Gasteiger partial charge in [-0.25, -0.2) is 0 Å². The number of benzene rings is 1. The van der Waals surface area contributed by atoms with E-state index in [1.54, 1.807) is 15.7 Å². The molecule has 1 atom stereocenters. The van der Waals surface area contributed by atoms with Crippen LogP contribution in [-0.4, -0.2) is 62.8 Å². The van der Waals surface area contributed by atoms with Gasteiger partial charge in [-0.1, -0.05) is 10.9 Å². The van der Waals surface area contributed by atoms with Crippen LogP contribution in [0.1, 0.15) is 33.6 Å². The number of fused-ring (bicyclic) bond motifs is 1. The molecule has 10 heteroatoms. The Morgan fingerprint density at radius 3 is 2.42 bits per heavy atom. The monoisotopic (exact) mass is 329 g/mol. The molecule has 1 aromatic rings. The van der Waals surface area contributed by atoms with E-state index >= 15 is 0 Å². The number of phenols is 1. The Hall–Kier alpha value is -2.77.